The molecule has 1 aromatic carbocycles. The Kier molecular flexibility index (Phi) is 3.79. The number of rotatable bonds is 3. The van der Waals surface area contributed by atoms with Crippen molar-refractivity contribution in [2.75, 3.05) is 5.32 Å². The van der Waals surface area contributed by atoms with Gasteiger partial charge in [-0.1, -0.05) is 0 Å². The van der Waals surface area contributed by atoms with Crippen LogP contribution in [0.25, 0.3) is 0 Å². The highest BCUT2D eigenvalue weighted by Crippen LogP contribution is 2.25. The molecule has 108 valence electrons. The monoisotopic (exact) mass is 294 g/mol. The molecule has 2 aromatic rings. The first kappa shape index (κ1) is 14.4. The van der Waals surface area contributed by atoms with Gasteiger partial charge in [0.25, 0.3) is 5.91 Å². The first-order valence-electron chi connectivity index (χ1n) is 5.58. The fourth-order valence-corrected chi connectivity index (χ4v) is 1.55. The summed E-state index contributed by atoms with van der Waals surface area (Å²) in [5, 5.41) is 20.5. The van der Waals surface area contributed by atoms with Crippen molar-refractivity contribution in [2.45, 2.75) is 0 Å². The zero-order valence-corrected chi connectivity index (χ0v) is 10.3. The number of benzene rings is 1. The first-order valence-corrected chi connectivity index (χ1v) is 5.58. The van der Waals surface area contributed by atoms with Crippen molar-refractivity contribution in [1.29, 1.82) is 0 Å². The molecule has 6 nitrogen and oxygen atoms in total. The number of anilines is 1. The molecule has 1 amide bonds. The molecule has 0 bridgehead atoms. The summed E-state index contributed by atoms with van der Waals surface area (Å²) < 4.78 is 26.3. The number of nitrogens with zero attached hydrogens (tertiary/aromatic N) is 1. The molecule has 21 heavy (non-hydrogen) atoms. The summed E-state index contributed by atoms with van der Waals surface area (Å²) in [6.07, 6.45) is 0.917. The number of aromatic nitrogens is 1. The van der Waals surface area contributed by atoms with Gasteiger partial charge in [0.2, 0.25) is 5.95 Å². The summed E-state index contributed by atoms with van der Waals surface area (Å²) in [5.74, 6) is -5.62. The summed E-state index contributed by atoms with van der Waals surface area (Å²) in [6, 6.07) is 4.16. The molecule has 0 saturated carbocycles. The summed E-state index contributed by atoms with van der Waals surface area (Å²) >= 11 is 0. The van der Waals surface area contributed by atoms with E-state index in [1.54, 1.807) is 0 Å². The number of carboxylic acid groups (broad SMARTS) is 1. The second-order valence-electron chi connectivity index (χ2n) is 3.95. The Morgan fingerprint density at radius 3 is 2.52 bits per heavy atom. The van der Waals surface area contributed by atoms with Gasteiger partial charge in [0.05, 0.1) is 16.8 Å². The van der Waals surface area contributed by atoms with E-state index in [1.165, 1.54) is 0 Å². The van der Waals surface area contributed by atoms with Crippen LogP contribution in [0.1, 0.15) is 20.7 Å². The highest BCUT2D eigenvalue weighted by atomic mass is 19.2. The van der Waals surface area contributed by atoms with E-state index in [1.807, 2.05) is 0 Å². The maximum absolute atomic E-state index is 13.4. The Hall–Kier alpha value is -3.03. The molecular weight excluding hydrogens is 286 g/mol. The molecule has 1 aromatic heterocycles. The number of pyridine rings is 1. The van der Waals surface area contributed by atoms with Crippen LogP contribution in [0.4, 0.5) is 14.5 Å². The molecule has 0 spiro atoms. The van der Waals surface area contributed by atoms with Crippen molar-refractivity contribution < 1.29 is 28.6 Å². The maximum Gasteiger partial charge on any atom is 0.335 e. The Morgan fingerprint density at radius 1 is 1.19 bits per heavy atom. The zero-order valence-electron chi connectivity index (χ0n) is 10.3. The lowest BCUT2D eigenvalue weighted by molar-refractivity contribution is 0.0696. The Balaban J connectivity index is 2.28. The average Bonchev–Trinajstić information content (AvgIpc) is 2.43. The van der Waals surface area contributed by atoms with Crippen molar-refractivity contribution in [3.05, 3.63) is 53.4 Å². The van der Waals surface area contributed by atoms with Gasteiger partial charge in [-0.3, -0.25) is 4.79 Å². The van der Waals surface area contributed by atoms with E-state index in [4.69, 9.17) is 5.11 Å². The van der Waals surface area contributed by atoms with Crippen LogP contribution in [-0.2, 0) is 0 Å². The van der Waals surface area contributed by atoms with E-state index in [0.717, 1.165) is 30.5 Å². The normalized spacial score (nSPS) is 10.2. The number of halogens is 2. The first-order chi connectivity index (χ1) is 9.90. The minimum atomic E-state index is -1.42. The van der Waals surface area contributed by atoms with Crippen LogP contribution in [0.2, 0.25) is 0 Å². The number of aromatic hydroxyl groups is 1. The number of carboxylic acids is 1. The van der Waals surface area contributed by atoms with E-state index in [0.29, 0.717) is 0 Å². The van der Waals surface area contributed by atoms with E-state index in [-0.39, 0.29) is 11.3 Å². The molecule has 0 radical (unpaired) electrons. The van der Waals surface area contributed by atoms with Gasteiger partial charge in [-0.05, 0) is 24.3 Å². The number of amides is 1. The molecule has 3 N–H and O–H groups in total. The van der Waals surface area contributed by atoms with Crippen LogP contribution < -0.4 is 5.32 Å². The van der Waals surface area contributed by atoms with Gasteiger partial charge in [-0.2, -0.15) is 4.39 Å². The highest BCUT2D eigenvalue weighted by Gasteiger charge is 2.17. The number of nitrogens with one attached hydrogen (secondary N) is 1. The minimum absolute atomic E-state index is 0.137. The van der Waals surface area contributed by atoms with Gasteiger partial charge in [0.15, 0.2) is 5.82 Å². The van der Waals surface area contributed by atoms with Gasteiger partial charge in [-0.15, -0.1) is 0 Å². The average molecular weight is 294 g/mol. The third kappa shape index (κ3) is 2.94. The maximum atomic E-state index is 13.4. The molecule has 0 aliphatic rings. The third-order valence-corrected chi connectivity index (χ3v) is 2.58. The molecule has 0 aliphatic heterocycles. The fraction of sp³-hybridized carbons (Fsp3) is 0. The van der Waals surface area contributed by atoms with Crippen molar-refractivity contribution in [3.8, 4) is 5.75 Å². The number of phenolic OH excluding ortho intramolecular Hbond substituents is 1. The predicted octanol–water partition coefficient (Wildman–Crippen LogP) is 2.02. The second-order valence-corrected chi connectivity index (χ2v) is 3.95. The van der Waals surface area contributed by atoms with Crippen LogP contribution in [-0.4, -0.2) is 27.1 Å². The fourth-order valence-electron chi connectivity index (χ4n) is 1.55. The van der Waals surface area contributed by atoms with Crippen molar-refractivity contribution in [3.63, 3.8) is 0 Å². The van der Waals surface area contributed by atoms with Crippen LogP contribution >= 0.6 is 0 Å². The number of aromatic carboxylic acids is 1. The number of phenols is 1. The smallest absolute Gasteiger partial charge is 0.335 e. The van der Waals surface area contributed by atoms with Crippen molar-refractivity contribution >= 4 is 17.6 Å². The number of carbonyl (C=O) groups is 2. The predicted molar refractivity (Wildman–Crippen MR) is 67.2 cm³/mol. The van der Waals surface area contributed by atoms with Gasteiger partial charge < -0.3 is 15.5 Å². The highest BCUT2D eigenvalue weighted by molar-refractivity contribution is 6.05. The van der Waals surface area contributed by atoms with Gasteiger partial charge in [0.1, 0.15) is 5.75 Å². The summed E-state index contributed by atoms with van der Waals surface area (Å²) in [7, 11) is 0. The molecule has 0 unspecified atom stereocenters. The van der Waals surface area contributed by atoms with E-state index >= 15 is 0 Å². The molecule has 0 fully saturated rings. The molecule has 0 atom stereocenters. The van der Waals surface area contributed by atoms with Crippen LogP contribution in [0, 0.1) is 11.8 Å². The zero-order chi connectivity index (χ0) is 15.6. The molecule has 0 saturated heterocycles. The number of carbonyl (C=O) groups excluding carboxylic acids is 1. The van der Waals surface area contributed by atoms with Crippen LogP contribution in [0.15, 0.2) is 30.5 Å². The Morgan fingerprint density at radius 2 is 1.90 bits per heavy atom. The quantitative estimate of drug-likeness (QED) is 0.594. The van der Waals surface area contributed by atoms with E-state index < -0.39 is 35.0 Å². The lowest BCUT2D eigenvalue weighted by Gasteiger charge is -2.08. The Labute approximate surface area is 116 Å². The minimum Gasteiger partial charge on any atom is -0.506 e. The lowest BCUT2D eigenvalue weighted by Crippen LogP contribution is -2.15. The number of hydrogen-bond acceptors (Lipinski definition) is 4. The molecule has 1 heterocycles. The van der Waals surface area contributed by atoms with Gasteiger partial charge in [-0.25, -0.2) is 14.2 Å². The Bertz CT molecular complexity index is 734. The van der Waals surface area contributed by atoms with E-state index in [2.05, 4.69) is 10.3 Å². The second kappa shape index (κ2) is 5.53. The van der Waals surface area contributed by atoms with Crippen LogP contribution in [0.3, 0.4) is 0 Å². The molecule has 2 rings (SSSR count). The largest absolute Gasteiger partial charge is 0.506 e. The molecular formula is C13H8F2N2O4. The summed E-state index contributed by atoms with van der Waals surface area (Å²) in [5.41, 5.74) is -0.919. The molecule has 8 heteroatoms. The third-order valence-electron chi connectivity index (χ3n) is 2.58. The summed E-state index contributed by atoms with van der Waals surface area (Å²) in [6.45, 7) is 0. The van der Waals surface area contributed by atoms with Gasteiger partial charge in [0, 0.05) is 6.20 Å². The van der Waals surface area contributed by atoms with Crippen LogP contribution in [0.5, 0.6) is 5.75 Å². The number of hydrogen-bond donors (Lipinski definition) is 3. The SMILES string of the molecule is O=C(O)c1ccc(NC(=O)c2ccnc(F)c2F)c(O)c1. The standard InChI is InChI=1S/C13H8F2N2O4/c14-10-7(3-4-16-11(10)15)12(19)17-8-2-1-6(13(20)21)5-9(8)18/h1-5,18H,(H,17,19)(H,20,21). The van der Waals surface area contributed by atoms with E-state index in [9.17, 15) is 23.5 Å². The molecule has 0 aliphatic carbocycles. The lowest BCUT2D eigenvalue weighted by atomic mass is 10.1. The van der Waals surface area contributed by atoms with Crippen molar-refractivity contribution in [1.82, 2.24) is 4.98 Å². The summed E-state index contributed by atoms with van der Waals surface area (Å²) in [4.78, 5) is 25.5. The van der Waals surface area contributed by atoms with Gasteiger partial charge >= 0.3 is 5.97 Å². The van der Waals surface area contributed by atoms with Crippen molar-refractivity contribution in [2.24, 2.45) is 0 Å². The topological polar surface area (TPSA) is 99.5 Å².